The quantitative estimate of drug-likeness (QED) is 0.0515. The Morgan fingerprint density at radius 3 is 0.844 bits per heavy atom. The molecule has 1 rings (SSSR count). The summed E-state index contributed by atoms with van der Waals surface area (Å²) in [5.41, 5.74) is 3.21. The van der Waals surface area contributed by atoms with Gasteiger partial charge in [-0.05, 0) is 38.2 Å². The zero-order chi connectivity index (χ0) is 32.3. The molecule has 0 fully saturated rings. The van der Waals surface area contributed by atoms with Crippen LogP contribution in [0.2, 0.25) is 0 Å². The molecule has 0 aliphatic heterocycles. The van der Waals surface area contributed by atoms with Crippen molar-refractivity contribution in [3.8, 4) is 0 Å². The number of hydrogen-bond donors (Lipinski definition) is 0. The van der Waals surface area contributed by atoms with Crippen molar-refractivity contribution >= 4 is 0 Å². The van der Waals surface area contributed by atoms with E-state index in [1.807, 2.05) is 0 Å². The molecule has 0 saturated carbocycles. The normalized spacial score (nSPS) is 11.5. The van der Waals surface area contributed by atoms with Gasteiger partial charge in [0.2, 0.25) is 0 Å². The Morgan fingerprint density at radius 1 is 0.311 bits per heavy atom. The molecule has 0 amide bonds. The van der Waals surface area contributed by atoms with Crippen LogP contribution >= 0.6 is 0 Å². The number of aromatic nitrogens is 1. The third kappa shape index (κ3) is 29.1. The summed E-state index contributed by atoms with van der Waals surface area (Å²) >= 11 is 0. The first kappa shape index (κ1) is 42.2. The van der Waals surface area contributed by atoms with Gasteiger partial charge >= 0.3 is 0 Å². The van der Waals surface area contributed by atoms with Crippen LogP contribution < -0.4 is 4.57 Å². The van der Waals surface area contributed by atoms with Gasteiger partial charge in [0.25, 0.3) is 0 Å². The molecule has 0 radical (unpaired) electrons. The van der Waals surface area contributed by atoms with Crippen molar-refractivity contribution < 1.29 is 4.57 Å². The van der Waals surface area contributed by atoms with Crippen molar-refractivity contribution in [2.24, 2.45) is 0 Å². The van der Waals surface area contributed by atoms with Crippen molar-refractivity contribution in [2.45, 2.75) is 252 Å². The Kier molecular flexibility index (Phi) is 32.3. The average Bonchev–Trinajstić information content (AvgIpc) is 3.05. The summed E-state index contributed by atoms with van der Waals surface area (Å²) in [5.74, 6) is 0. The lowest BCUT2D eigenvalue weighted by atomic mass is 10.0. The number of aryl methyl sites for hydroxylation is 3. The zero-order valence-electron chi connectivity index (χ0n) is 31.6. The van der Waals surface area contributed by atoms with Crippen molar-refractivity contribution in [3.05, 3.63) is 29.6 Å². The minimum Gasteiger partial charge on any atom is -0.205 e. The first-order valence-electron chi connectivity index (χ1n) is 21.3. The summed E-state index contributed by atoms with van der Waals surface area (Å²) in [6, 6.07) is 2.57. The number of nitrogens with zero attached hydrogens (tertiary/aromatic N) is 1. The Morgan fingerprint density at radius 2 is 0.556 bits per heavy atom. The summed E-state index contributed by atoms with van der Waals surface area (Å²) in [6.07, 6.45) is 54.8. The minimum absolute atomic E-state index is 1.22. The number of pyridine rings is 1. The van der Waals surface area contributed by atoms with E-state index in [1.165, 1.54) is 231 Å². The maximum atomic E-state index is 2.58. The molecule has 0 saturated heterocycles. The van der Waals surface area contributed by atoms with Crippen LogP contribution in [0.3, 0.4) is 0 Å². The molecule has 264 valence electrons. The lowest BCUT2D eigenvalue weighted by Gasteiger charge is -2.07. The standard InChI is InChI=1S/C44H84N/c1-4-7-10-13-16-19-21-23-25-28-31-34-37-43-40-44(38-35-32-29-26-24-22-20-17-14-11-8-5-2)42-45(41-43)39-36-33-30-27-18-15-12-9-6-3/h40-42H,4-39H2,1-3H3/q+1. The highest BCUT2D eigenvalue weighted by Crippen LogP contribution is 2.16. The van der Waals surface area contributed by atoms with Gasteiger partial charge in [-0.25, -0.2) is 4.57 Å². The molecule has 1 aromatic heterocycles. The lowest BCUT2D eigenvalue weighted by molar-refractivity contribution is -0.698. The maximum absolute atomic E-state index is 2.58. The highest BCUT2D eigenvalue weighted by Gasteiger charge is 2.09. The third-order valence-electron chi connectivity index (χ3n) is 10.2. The van der Waals surface area contributed by atoms with Gasteiger partial charge in [-0.2, -0.15) is 0 Å². The van der Waals surface area contributed by atoms with Gasteiger partial charge in [-0.15, -0.1) is 0 Å². The topological polar surface area (TPSA) is 3.88 Å². The van der Waals surface area contributed by atoms with E-state index in [1.54, 1.807) is 11.1 Å². The van der Waals surface area contributed by atoms with E-state index in [2.05, 4.69) is 43.8 Å². The SMILES string of the molecule is CCCCCCCCCCCCCCc1cc(CCCCCCCCCCCCCC)c[n+](CCCCCCCCCCC)c1. The monoisotopic (exact) mass is 627 g/mol. The second kappa shape index (κ2) is 34.5. The predicted molar refractivity (Wildman–Crippen MR) is 203 cm³/mol. The minimum atomic E-state index is 1.22. The molecule has 0 aromatic carbocycles. The first-order chi connectivity index (χ1) is 22.3. The summed E-state index contributed by atoms with van der Waals surface area (Å²) in [4.78, 5) is 0. The summed E-state index contributed by atoms with van der Waals surface area (Å²) in [7, 11) is 0. The summed E-state index contributed by atoms with van der Waals surface area (Å²) < 4.78 is 2.58. The fourth-order valence-electron chi connectivity index (χ4n) is 7.12. The second-order valence-electron chi connectivity index (χ2n) is 14.9. The number of unbranched alkanes of at least 4 members (excludes halogenated alkanes) is 30. The highest BCUT2D eigenvalue weighted by atomic mass is 14.9. The van der Waals surface area contributed by atoms with E-state index < -0.39 is 0 Å². The van der Waals surface area contributed by atoms with Gasteiger partial charge in [0.1, 0.15) is 6.54 Å². The molecule has 0 spiro atoms. The van der Waals surface area contributed by atoms with Gasteiger partial charge < -0.3 is 0 Å². The van der Waals surface area contributed by atoms with Gasteiger partial charge in [0.15, 0.2) is 12.4 Å². The lowest BCUT2D eigenvalue weighted by Crippen LogP contribution is -2.34. The van der Waals surface area contributed by atoms with Crippen LogP contribution in [-0.4, -0.2) is 0 Å². The fraction of sp³-hybridized carbons (Fsp3) is 0.886. The van der Waals surface area contributed by atoms with E-state index in [-0.39, 0.29) is 0 Å². The number of hydrogen-bond acceptors (Lipinski definition) is 0. The van der Waals surface area contributed by atoms with Crippen molar-refractivity contribution in [2.75, 3.05) is 0 Å². The molecule has 0 aliphatic rings. The molecule has 1 heterocycles. The second-order valence-corrected chi connectivity index (χ2v) is 14.9. The molecule has 1 heteroatoms. The Bertz CT molecular complexity index is 663. The van der Waals surface area contributed by atoms with E-state index >= 15 is 0 Å². The Hall–Kier alpha value is -0.850. The molecular formula is C44H84N+. The van der Waals surface area contributed by atoms with Crippen LogP contribution in [0.5, 0.6) is 0 Å². The van der Waals surface area contributed by atoms with E-state index in [0.29, 0.717) is 0 Å². The molecule has 0 bridgehead atoms. The molecule has 1 nitrogen and oxygen atoms in total. The zero-order valence-corrected chi connectivity index (χ0v) is 31.6. The highest BCUT2D eigenvalue weighted by molar-refractivity contribution is 5.15. The van der Waals surface area contributed by atoms with Crippen molar-refractivity contribution in [1.82, 2.24) is 0 Å². The third-order valence-corrected chi connectivity index (χ3v) is 10.2. The van der Waals surface area contributed by atoms with Crippen LogP contribution in [0.15, 0.2) is 18.5 Å². The van der Waals surface area contributed by atoms with Crippen LogP contribution in [0.4, 0.5) is 0 Å². The molecular weight excluding hydrogens is 542 g/mol. The average molecular weight is 627 g/mol. The van der Waals surface area contributed by atoms with Gasteiger partial charge in [0.05, 0.1) is 0 Å². The summed E-state index contributed by atoms with van der Waals surface area (Å²) in [5, 5.41) is 0. The molecule has 0 atom stereocenters. The molecule has 1 aromatic rings. The van der Waals surface area contributed by atoms with Crippen molar-refractivity contribution in [3.63, 3.8) is 0 Å². The summed E-state index contributed by atoms with van der Waals surface area (Å²) in [6.45, 7) is 8.16. The Labute approximate surface area is 285 Å². The first-order valence-corrected chi connectivity index (χ1v) is 21.3. The predicted octanol–water partition coefficient (Wildman–Crippen LogP) is 15.0. The van der Waals surface area contributed by atoms with Gasteiger partial charge in [-0.3, -0.25) is 0 Å². The number of rotatable bonds is 36. The molecule has 0 aliphatic carbocycles. The Balaban J connectivity index is 2.32. The molecule has 45 heavy (non-hydrogen) atoms. The van der Waals surface area contributed by atoms with E-state index in [0.717, 1.165) is 0 Å². The van der Waals surface area contributed by atoms with Crippen molar-refractivity contribution in [1.29, 1.82) is 0 Å². The van der Waals surface area contributed by atoms with Crippen LogP contribution in [0.1, 0.15) is 244 Å². The van der Waals surface area contributed by atoms with Crippen LogP contribution in [0, 0.1) is 0 Å². The van der Waals surface area contributed by atoms with Crippen LogP contribution in [0.25, 0.3) is 0 Å². The van der Waals surface area contributed by atoms with Gasteiger partial charge in [-0.1, -0.05) is 207 Å². The molecule has 0 N–H and O–H groups in total. The van der Waals surface area contributed by atoms with Crippen LogP contribution in [-0.2, 0) is 19.4 Å². The maximum Gasteiger partial charge on any atom is 0.171 e. The molecule has 0 unspecified atom stereocenters. The van der Waals surface area contributed by atoms with E-state index in [9.17, 15) is 0 Å². The van der Waals surface area contributed by atoms with E-state index in [4.69, 9.17) is 0 Å². The largest absolute Gasteiger partial charge is 0.205 e. The fourth-order valence-corrected chi connectivity index (χ4v) is 7.12. The van der Waals surface area contributed by atoms with Gasteiger partial charge in [0, 0.05) is 17.5 Å². The smallest absolute Gasteiger partial charge is 0.171 e.